The molecule has 0 aliphatic carbocycles. The summed E-state index contributed by atoms with van der Waals surface area (Å²) in [6, 6.07) is 8.44. The molecule has 0 aliphatic rings. The number of pyridine rings is 1. The molecule has 0 radical (unpaired) electrons. The van der Waals surface area contributed by atoms with Gasteiger partial charge in [0.1, 0.15) is 5.75 Å². The molecule has 0 atom stereocenters. The molecule has 0 spiro atoms. The maximum absolute atomic E-state index is 11.7. The lowest BCUT2D eigenvalue weighted by atomic mass is 10.1. The van der Waals surface area contributed by atoms with Crippen LogP contribution in [0.2, 0.25) is 5.02 Å². The Morgan fingerprint density at radius 1 is 1.33 bits per heavy atom. The number of nitrogens with two attached hydrogens (primary N) is 1. The first-order valence-corrected chi connectivity index (χ1v) is 6.37. The van der Waals surface area contributed by atoms with Crippen LogP contribution in [0, 0.1) is 0 Å². The van der Waals surface area contributed by atoms with E-state index in [1.807, 2.05) is 0 Å². The fourth-order valence-corrected chi connectivity index (χ4v) is 1.97. The van der Waals surface area contributed by atoms with Crippen LogP contribution in [0.1, 0.15) is 10.5 Å². The topological polar surface area (TPSA) is 105 Å². The summed E-state index contributed by atoms with van der Waals surface area (Å²) >= 11 is 6.06. The van der Waals surface area contributed by atoms with Crippen molar-refractivity contribution in [1.29, 1.82) is 0 Å². The van der Waals surface area contributed by atoms with E-state index < -0.39 is 11.8 Å². The normalized spacial score (nSPS) is 10.1. The molecule has 4 N–H and O–H groups in total. The summed E-state index contributed by atoms with van der Waals surface area (Å²) in [6.45, 7) is -0.327. The number of aromatic nitrogens is 1. The van der Waals surface area contributed by atoms with Gasteiger partial charge in [0.15, 0.2) is 5.69 Å². The largest absolute Gasteiger partial charge is 0.505 e. The molecule has 108 valence electrons. The molecule has 2 aromatic rings. The fraction of sp³-hybridized carbons (Fsp3) is 0.0714. The number of nitrogens with zero attached hydrogens (tertiary/aromatic N) is 1. The zero-order valence-electron chi connectivity index (χ0n) is 10.8. The molecule has 1 heterocycles. The fourth-order valence-electron chi connectivity index (χ4n) is 1.72. The summed E-state index contributed by atoms with van der Waals surface area (Å²) < 4.78 is 0. The van der Waals surface area contributed by atoms with E-state index in [0.29, 0.717) is 16.1 Å². The third-order valence-electron chi connectivity index (χ3n) is 2.69. The highest BCUT2D eigenvalue weighted by Gasteiger charge is 2.15. The van der Waals surface area contributed by atoms with E-state index >= 15 is 0 Å². The van der Waals surface area contributed by atoms with E-state index in [1.54, 1.807) is 24.3 Å². The van der Waals surface area contributed by atoms with Crippen LogP contribution in [-0.4, -0.2) is 28.4 Å². The van der Waals surface area contributed by atoms with Gasteiger partial charge in [0.25, 0.3) is 5.91 Å². The van der Waals surface area contributed by atoms with E-state index in [2.05, 4.69) is 10.3 Å². The number of nitrogens with one attached hydrogen (secondary N) is 1. The summed E-state index contributed by atoms with van der Waals surface area (Å²) in [6.07, 6.45) is 1.42. The molecule has 0 unspecified atom stereocenters. The Hall–Kier alpha value is -2.60. The van der Waals surface area contributed by atoms with Crippen LogP contribution in [-0.2, 0) is 4.79 Å². The first-order chi connectivity index (χ1) is 9.99. The number of carbonyl (C=O) groups is 2. The Labute approximate surface area is 125 Å². The van der Waals surface area contributed by atoms with Gasteiger partial charge in [-0.15, -0.1) is 0 Å². The van der Waals surface area contributed by atoms with Gasteiger partial charge in [-0.1, -0.05) is 29.8 Å². The minimum absolute atomic E-state index is 0.188. The van der Waals surface area contributed by atoms with Crippen LogP contribution in [0.5, 0.6) is 5.75 Å². The molecule has 1 aromatic heterocycles. The Morgan fingerprint density at radius 2 is 2.05 bits per heavy atom. The monoisotopic (exact) mass is 305 g/mol. The lowest BCUT2D eigenvalue weighted by Crippen LogP contribution is -2.33. The third kappa shape index (κ3) is 3.49. The second-order valence-electron chi connectivity index (χ2n) is 4.22. The number of benzene rings is 1. The molecule has 0 saturated heterocycles. The van der Waals surface area contributed by atoms with Crippen molar-refractivity contribution in [2.45, 2.75) is 0 Å². The Balaban J connectivity index is 2.28. The van der Waals surface area contributed by atoms with Crippen LogP contribution in [0.15, 0.2) is 36.5 Å². The lowest BCUT2D eigenvalue weighted by molar-refractivity contribution is -0.117. The second kappa shape index (κ2) is 6.23. The second-order valence-corrected chi connectivity index (χ2v) is 4.63. The summed E-state index contributed by atoms with van der Waals surface area (Å²) in [5.74, 6) is -1.68. The highest BCUT2D eigenvalue weighted by atomic mass is 35.5. The lowest BCUT2D eigenvalue weighted by Gasteiger charge is -2.08. The number of carbonyl (C=O) groups excluding carboxylic acids is 2. The van der Waals surface area contributed by atoms with Gasteiger partial charge in [0.05, 0.1) is 6.54 Å². The maximum Gasteiger partial charge on any atom is 0.274 e. The van der Waals surface area contributed by atoms with Gasteiger partial charge >= 0.3 is 0 Å². The average molecular weight is 306 g/mol. The summed E-state index contributed by atoms with van der Waals surface area (Å²) in [7, 11) is 0. The van der Waals surface area contributed by atoms with Gasteiger partial charge in [-0.25, -0.2) is 4.98 Å². The summed E-state index contributed by atoms with van der Waals surface area (Å²) in [4.78, 5) is 26.2. The number of primary amides is 1. The number of halogens is 1. The molecule has 2 amide bonds. The first kappa shape index (κ1) is 14.8. The molecule has 6 nitrogen and oxygen atoms in total. The van der Waals surface area contributed by atoms with E-state index in [4.69, 9.17) is 17.3 Å². The number of aromatic hydroxyl groups is 1. The van der Waals surface area contributed by atoms with Gasteiger partial charge in [-0.05, 0) is 12.1 Å². The standard InChI is InChI=1S/C14H12ClN3O3/c15-10-4-2-1-3-9(10)8-5-11(19)13(17-6-8)14(21)18-7-12(16)20/h1-6,19H,7H2,(H2,16,20)(H,18,21). The maximum atomic E-state index is 11.7. The van der Waals surface area contributed by atoms with Crippen molar-refractivity contribution in [1.82, 2.24) is 10.3 Å². The molecular formula is C14H12ClN3O3. The van der Waals surface area contributed by atoms with Crippen LogP contribution >= 0.6 is 11.6 Å². The number of hydrogen-bond acceptors (Lipinski definition) is 4. The van der Waals surface area contributed by atoms with E-state index in [1.165, 1.54) is 12.3 Å². The number of amides is 2. The van der Waals surface area contributed by atoms with Crippen molar-refractivity contribution in [3.8, 4) is 16.9 Å². The zero-order chi connectivity index (χ0) is 15.4. The van der Waals surface area contributed by atoms with E-state index in [9.17, 15) is 14.7 Å². The average Bonchev–Trinajstić information content (AvgIpc) is 2.45. The minimum atomic E-state index is -0.685. The van der Waals surface area contributed by atoms with Crippen molar-refractivity contribution in [3.63, 3.8) is 0 Å². The van der Waals surface area contributed by atoms with Gasteiger partial charge in [0, 0.05) is 22.3 Å². The smallest absolute Gasteiger partial charge is 0.274 e. The quantitative estimate of drug-likeness (QED) is 0.792. The van der Waals surface area contributed by atoms with Crippen molar-refractivity contribution in [2.75, 3.05) is 6.54 Å². The summed E-state index contributed by atoms with van der Waals surface area (Å²) in [5, 5.41) is 12.6. The number of hydrogen-bond donors (Lipinski definition) is 3. The highest BCUT2D eigenvalue weighted by Crippen LogP contribution is 2.30. The summed E-state index contributed by atoms with van der Waals surface area (Å²) in [5.41, 5.74) is 5.99. The Bertz CT molecular complexity index is 704. The Kier molecular flexibility index (Phi) is 4.39. The van der Waals surface area contributed by atoms with Gasteiger partial charge in [0.2, 0.25) is 5.91 Å². The van der Waals surface area contributed by atoms with E-state index in [-0.39, 0.29) is 18.0 Å². The third-order valence-corrected chi connectivity index (χ3v) is 3.02. The van der Waals surface area contributed by atoms with Crippen molar-refractivity contribution >= 4 is 23.4 Å². The van der Waals surface area contributed by atoms with E-state index in [0.717, 1.165) is 0 Å². The predicted octanol–water partition coefficient (Wildman–Crippen LogP) is 1.32. The molecule has 0 fully saturated rings. The highest BCUT2D eigenvalue weighted by molar-refractivity contribution is 6.33. The van der Waals surface area contributed by atoms with Crippen molar-refractivity contribution < 1.29 is 14.7 Å². The van der Waals surface area contributed by atoms with Gasteiger partial charge in [-0.3, -0.25) is 9.59 Å². The molecule has 21 heavy (non-hydrogen) atoms. The van der Waals surface area contributed by atoms with Crippen molar-refractivity contribution in [3.05, 3.63) is 47.2 Å². The molecule has 1 aromatic carbocycles. The van der Waals surface area contributed by atoms with Gasteiger partial charge < -0.3 is 16.2 Å². The van der Waals surface area contributed by atoms with Crippen LogP contribution in [0.4, 0.5) is 0 Å². The molecule has 0 aliphatic heterocycles. The molecule has 0 saturated carbocycles. The van der Waals surface area contributed by atoms with Crippen molar-refractivity contribution in [2.24, 2.45) is 5.73 Å². The van der Waals surface area contributed by atoms with Crippen LogP contribution < -0.4 is 11.1 Å². The minimum Gasteiger partial charge on any atom is -0.505 e. The molecular weight excluding hydrogens is 294 g/mol. The SMILES string of the molecule is NC(=O)CNC(=O)c1ncc(-c2ccccc2Cl)cc1O. The molecule has 7 heteroatoms. The molecule has 0 bridgehead atoms. The predicted molar refractivity (Wildman–Crippen MR) is 77.9 cm³/mol. The van der Waals surface area contributed by atoms with Crippen LogP contribution in [0.25, 0.3) is 11.1 Å². The number of rotatable bonds is 4. The first-order valence-electron chi connectivity index (χ1n) is 5.99. The molecule has 2 rings (SSSR count). The zero-order valence-corrected chi connectivity index (χ0v) is 11.6. The van der Waals surface area contributed by atoms with Crippen LogP contribution in [0.3, 0.4) is 0 Å². The Morgan fingerprint density at radius 3 is 2.67 bits per heavy atom. The van der Waals surface area contributed by atoms with Gasteiger partial charge in [-0.2, -0.15) is 0 Å².